The summed E-state index contributed by atoms with van der Waals surface area (Å²) in [5.41, 5.74) is 0.468. The molecule has 0 radical (unpaired) electrons. The zero-order valence-electron chi connectivity index (χ0n) is 9.09. The molecular formula is C13H8BrCl2FO. The van der Waals surface area contributed by atoms with E-state index >= 15 is 0 Å². The highest BCUT2D eigenvalue weighted by Gasteiger charge is 2.10. The maximum atomic E-state index is 13.4. The third-order valence-corrected chi connectivity index (χ3v) is 3.38. The second-order valence-electron chi connectivity index (χ2n) is 3.58. The predicted octanol–water partition coefficient (Wildman–Crippen LogP) is 5.47. The summed E-state index contributed by atoms with van der Waals surface area (Å²) in [5.74, 6) is 0.142. The van der Waals surface area contributed by atoms with Crippen LogP contribution in [0, 0.1) is 5.82 Å². The molecular weight excluding hydrogens is 342 g/mol. The number of hydrogen-bond donors (Lipinski definition) is 0. The van der Waals surface area contributed by atoms with Crippen LogP contribution in [-0.2, 0) is 6.61 Å². The fourth-order valence-corrected chi connectivity index (χ4v) is 2.80. The first kappa shape index (κ1) is 13.7. The molecule has 0 saturated carbocycles. The predicted molar refractivity (Wildman–Crippen MR) is 74.9 cm³/mol. The van der Waals surface area contributed by atoms with Gasteiger partial charge < -0.3 is 4.74 Å². The highest BCUT2D eigenvalue weighted by atomic mass is 79.9. The number of hydrogen-bond acceptors (Lipinski definition) is 1. The lowest BCUT2D eigenvalue weighted by Crippen LogP contribution is -1.99. The number of benzene rings is 2. The van der Waals surface area contributed by atoms with Gasteiger partial charge in [0.2, 0.25) is 0 Å². The van der Waals surface area contributed by atoms with E-state index in [-0.39, 0.29) is 12.4 Å². The van der Waals surface area contributed by atoms with Crippen LogP contribution in [0.5, 0.6) is 5.75 Å². The minimum absolute atomic E-state index is 0.104. The summed E-state index contributed by atoms with van der Waals surface area (Å²) in [6.07, 6.45) is 0. The second kappa shape index (κ2) is 5.91. The summed E-state index contributed by atoms with van der Waals surface area (Å²) < 4.78 is 19.6. The van der Waals surface area contributed by atoms with Crippen LogP contribution in [0.4, 0.5) is 4.39 Å². The molecule has 0 aliphatic rings. The molecule has 2 aromatic rings. The Labute approximate surface area is 123 Å². The van der Waals surface area contributed by atoms with Crippen LogP contribution in [0.2, 0.25) is 10.0 Å². The van der Waals surface area contributed by atoms with Crippen molar-refractivity contribution in [3.8, 4) is 5.75 Å². The van der Waals surface area contributed by atoms with Crippen molar-refractivity contribution in [3.05, 3.63) is 62.3 Å². The van der Waals surface area contributed by atoms with Gasteiger partial charge in [-0.25, -0.2) is 4.39 Å². The lowest BCUT2D eigenvalue weighted by atomic mass is 10.2. The van der Waals surface area contributed by atoms with Crippen molar-refractivity contribution in [2.45, 2.75) is 6.61 Å². The molecule has 0 spiro atoms. The van der Waals surface area contributed by atoms with Crippen molar-refractivity contribution >= 4 is 39.1 Å². The molecule has 0 amide bonds. The van der Waals surface area contributed by atoms with Crippen LogP contribution in [0.15, 0.2) is 40.9 Å². The molecule has 18 heavy (non-hydrogen) atoms. The zero-order valence-corrected chi connectivity index (χ0v) is 12.2. The molecule has 0 bridgehead atoms. The molecule has 0 aromatic heterocycles. The van der Waals surface area contributed by atoms with Gasteiger partial charge in [-0.2, -0.15) is 0 Å². The molecule has 2 rings (SSSR count). The van der Waals surface area contributed by atoms with Gasteiger partial charge in [0.15, 0.2) is 5.75 Å². The largest absolute Gasteiger partial charge is 0.486 e. The van der Waals surface area contributed by atoms with Gasteiger partial charge in [-0.1, -0.05) is 41.4 Å². The Morgan fingerprint density at radius 1 is 1.17 bits per heavy atom. The van der Waals surface area contributed by atoms with Gasteiger partial charge in [0.05, 0.1) is 9.50 Å². The summed E-state index contributed by atoms with van der Waals surface area (Å²) in [7, 11) is 0. The Bertz CT molecular complexity index is 552. The quantitative estimate of drug-likeness (QED) is 0.713. The number of ether oxygens (including phenoxy) is 1. The molecule has 0 unspecified atom stereocenters. The van der Waals surface area contributed by atoms with E-state index in [1.807, 2.05) is 0 Å². The third-order valence-electron chi connectivity index (χ3n) is 2.29. The van der Waals surface area contributed by atoms with Gasteiger partial charge in [0.1, 0.15) is 12.4 Å². The minimum atomic E-state index is -0.307. The maximum Gasteiger partial charge on any atom is 0.152 e. The first-order valence-corrected chi connectivity index (χ1v) is 6.63. The smallest absolute Gasteiger partial charge is 0.152 e. The van der Waals surface area contributed by atoms with Gasteiger partial charge in [0.25, 0.3) is 0 Å². The Kier molecular flexibility index (Phi) is 4.49. The SMILES string of the molecule is Fc1ccccc1COc1c(Cl)cc(Cl)cc1Br. The summed E-state index contributed by atoms with van der Waals surface area (Å²) in [6.45, 7) is 0.104. The summed E-state index contributed by atoms with van der Waals surface area (Å²) in [4.78, 5) is 0. The Morgan fingerprint density at radius 2 is 1.89 bits per heavy atom. The molecule has 0 fully saturated rings. The number of halogens is 4. The van der Waals surface area contributed by atoms with Crippen molar-refractivity contribution in [1.82, 2.24) is 0 Å². The highest BCUT2D eigenvalue weighted by Crippen LogP contribution is 2.36. The van der Waals surface area contributed by atoms with Crippen LogP contribution < -0.4 is 4.74 Å². The average molecular weight is 350 g/mol. The molecule has 0 aliphatic carbocycles. The van der Waals surface area contributed by atoms with Crippen LogP contribution in [0.1, 0.15) is 5.56 Å². The fraction of sp³-hybridized carbons (Fsp3) is 0.0769. The first-order chi connectivity index (χ1) is 8.58. The molecule has 5 heteroatoms. The fourth-order valence-electron chi connectivity index (χ4n) is 1.43. The molecule has 1 nitrogen and oxygen atoms in total. The normalized spacial score (nSPS) is 10.4. The molecule has 0 atom stereocenters. The van der Waals surface area contributed by atoms with Crippen molar-refractivity contribution in [3.63, 3.8) is 0 Å². The van der Waals surface area contributed by atoms with E-state index < -0.39 is 0 Å². The van der Waals surface area contributed by atoms with Gasteiger partial charge in [-0.05, 0) is 34.1 Å². The van der Waals surface area contributed by atoms with Crippen LogP contribution >= 0.6 is 39.1 Å². The van der Waals surface area contributed by atoms with Crippen molar-refractivity contribution in [2.75, 3.05) is 0 Å². The van der Waals surface area contributed by atoms with Crippen LogP contribution in [0.3, 0.4) is 0 Å². The summed E-state index contributed by atoms with van der Waals surface area (Å²) >= 11 is 15.1. The first-order valence-electron chi connectivity index (χ1n) is 5.08. The second-order valence-corrected chi connectivity index (χ2v) is 5.28. The van der Waals surface area contributed by atoms with Crippen LogP contribution in [0.25, 0.3) is 0 Å². The maximum absolute atomic E-state index is 13.4. The van der Waals surface area contributed by atoms with E-state index in [1.54, 1.807) is 30.3 Å². The molecule has 0 saturated heterocycles. The lowest BCUT2D eigenvalue weighted by Gasteiger charge is -2.11. The average Bonchev–Trinajstić information content (AvgIpc) is 2.30. The third kappa shape index (κ3) is 3.16. The van der Waals surface area contributed by atoms with E-state index in [2.05, 4.69) is 15.9 Å². The molecule has 0 heterocycles. The summed E-state index contributed by atoms with van der Waals surface area (Å²) in [5, 5.41) is 0.885. The van der Waals surface area contributed by atoms with E-state index in [4.69, 9.17) is 27.9 Å². The lowest BCUT2D eigenvalue weighted by molar-refractivity contribution is 0.298. The molecule has 2 aromatic carbocycles. The van der Waals surface area contributed by atoms with Gasteiger partial charge >= 0.3 is 0 Å². The van der Waals surface area contributed by atoms with E-state index in [0.29, 0.717) is 25.8 Å². The Morgan fingerprint density at radius 3 is 2.56 bits per heavy atom. The Balaban J connectivity index is 2.19. The number of rotatable bonds is 3. The Hall–Kier alpha value is -0.770. The van der Waals surface area contributed by atoms with E-state index in [1.165, 1.54) is 6.07 Å². The van der Waals surface area contributed by atoms with Crippen molar-refractivity contribution < 1.29 is 9.13 Å². The van der Waals surface area contributed by atoms with Crippen LogP contribution in [-0.4, -0.2) is 0 Å². The van der Waals surface area contributed by atoms with E-state index in [0.717, 1.165) is 0 Å². The zero-order chi connectivity index (χ0) is 13.1. The van der Waals surface area contributed by atoms with Gasteiger partial charge in [0, 0.05) is 10.6 Å². The summed E-state index contributed by atoms with van der Waals surface area (Å²) in [6, 6.07) is 9.67. The topological polar surface area (TPSA) is 9.23 Å². The minimum Gasteiger partial charge on any atom is -0.486 e. The van der Waals surface area contributed by atoms with Gasteiger partial charge in [-0.15, -0.1) is 0 Å². The van der Waals surface area contributed by atoms with Gasteiger partial charge in [-0.3, -0.25) is 0 Å². The molecule has 0 N–H and O–H groups in total. The standard InChI is InChI=1S/C13H8BrCl2FO/c14-10-5-9(15)6-11(16)13(10)18-7-8-3-1-2-4-12(8)17/h1-6H,7H2. The molecule has 0 aliphatic heterocycles. The monoisotopic (exact) mass is 348 g/mol. The molecule has 94 valence electrons. The van der Waals surface area contributed by atoms with Crippen molar-refractivity contribution in [2.24, 2.45) is 0 Å². The highest BCUT2D eigenvalue weighted by molar-refractivity contribution is 9.10. The van der Waals surface area contributed by atoms with E-state index in [9.17, 15) is 4.39 Å². The van der Waals surface area contributed by atoms with Crippen molar-refractivity contribution in [1.29, 1.82) is 0 Å².